The van der Waals surface area contributed by atoms with Gasteiger partial charge in [-0.15, -0.1) is 11.3 Å². The Hall–Kier alpha value is -2.67. The Morgan fingerprint density at radius 2 is 1.71 bits per heavy atom. The quantitative estimate of drug-likeness (QED) is 0.393. The van der Waals surface area contributed by atoms with Crippen LogP contribution in [0, 0.1) is 11.8 Å². The number of rotatable bonds is 8. The number of halogens is 1. The van der Waals surface area contributed by atoms with E-state index in [0.29, 0.717) is 28.8 Å². The highest BCUT2D eigenvalue weighted by atomic mass is 35.5. The SMILES string of the molecule is NCC1CCC(C(=O)NC(Cc2cc(-c3ccc(C(N)=O)cc3)c(Cl)s2)c2ccccc2)CC1. The van der Waals surface area contributed by atoms with Crippen LogP contribution in [0.3, 0.4) is 0 Å². The number of nitrogens with one attached hydrogen (secondary N) is 1. The van der Waals surface area contributed by atoms with Crippen molar-refractivity contribution in [3.63, 3.8) is 0 Å². The highest BCUT2D eigenvalue weighted by molar-refractivity contribution is 7.16. The van der Waals surface area contributed by atoms with Crippen molar-refractivity contribution in [2.45, 2.75) is 38.1 Å². The highest BCUT2D eigenvalue weighted by Gasteiger charge is 2.28. The normalized spacial score (nSPS) is 18.9. The molecule has 0 aliphatic heterocycles. The average Bonchev–Trinajstić information content (AvgIpc) is 3.24. The molecule has 4 rings (SSSR count). The Morgan fingerprint density at radius 3 is 2.32 bits per heavy atom. The number of hydrogen-bond acceptors (Lipinski definition) is 4. The third-order valence-corrected chi connectivity index (χ3v) is 8.07. The van der Waals surface area contributed by atoms with Gasteiger partial charge in [0.05, 0.1) is 6.04 Å². The first-order chi connectivity index (χ1) is 16.4. The lowest BCUT2D eigenvalue weighted by Gasteiger charge is -2.28. The van der Waals surface area contributed by atoms with Crippen LogP contribution in [0.25, 0.3) is 11.1 Å². The van der Waals surface area contributed by atoms with Gasteiger partial charge in [0.15, 0.2) is 0 Å². The van der Waals surface area contributed by atoms with Gasteiger partial charge in [-0.2, -0.15) is 0 Å². The van der Waals surface area contributed by atoms with Gasteiger partial charge in [0, 0.05) is 28.3 Å². The molecule has 0 spiro atoms. The van der Waals surface area contributed by atoms with Crippen molar-refractivity contribution in [2.75, 3.05) is 6.54 Å². The van der Waals surface area contributed by atoms with Crippen molar-refractivity contribution < 1.29 is 9.59 Å². The molecule has 2 amide bonds. The number of carbonyl (C=O) groups is 2. The second kappa shape index (κ2) is 11.2. The fraction of sp³-hybridized carbons (Fsp3) is 0.333. The monoisotopic (exact) mass is 495 g/mol. The molecule has 34 heavy (non-hydrogen) atoms. The van der Waals surface area contributed by atoms with E-state index in [9.17, 15) is 9.59 Å². The van der Waals surface area contributed by atoms with E-state index in [0.717, 1.165) is 47.3 Å². The number of primary amides is 1. The molecule has 2 aromatic carbocycles. The first-order valence-electron chi connectivity index (χ1n) is 11.7. The molecule has 1 aliphatic rings. The maximum Gasteiger partial charge on any atom is 0.248 e. The summed E-state index contributed by atoms with van der Waals surface area (Å²) in [5.41, 5.74) is 14.5. The number of hydrogen-bond donors (Lipinski definition) is 3. The second-order valence-electron chi connectivity index (χ2n) is 8.97. The minimum atomic E-state index is -0.457. The van der Waals surface area contributed by atoms with E-state index in [1.165, 1.54) is 11.3 Å². The predicted molar refractivity (Wildman–Crippen MR) is 139 cm³/mol. The minimum absolute atomic E-state index is 0.0419. The van der Waals surface area contributed by atoms with E-state index in [-0.39, 0.29) is 17.9 Å². The van der Waals surface area contributed by atoms with E-state index in [4.69, 9.17) is 23.1 Å². The molecule has 1 aromatic heterocycles. The molecule has 1 atom stereocenters. The van der Waals surface area contributed by atoms with Crippen molar-refractivity contribution in [3.8, 4) is 11.1 Å². The third kappa shape index (κ3) is 5.87. The van der Waals surface area contributed by atoms with Crippen LogP contribution < -0.4 is 16.8 Å². The van der Waals surface area contributed by atoms with Crippen molar-refractivity contribution in [1.29, 1.82) is 0 Å². The molecule has 1 fully saturated rings. The minimum Gasteiger partial charge on any atom is -0.366 e. The standard InChI is InChI=1S/C27H30ClN3O2S/c28-25-23(18-10-12-20(13-11-18)26(30)32)14-22(34-25)15-24(19-4-2-1-3-5-19)31-27(33)21-8-6-17(16-29)7-9-21/h1-5,10-14,17,21,24H,6-9,15-16,29H2,(H2,30,32)(H,31,33). The Labute approximate surface area is 209 Å². The molecule has 1 unspecified atom stereocenters. The lowest BCUT2D eigenvalue weighted by Crippen LogP contribution is -2.37. The van der Waals surface area contributed by atoms with E-state index in [1.54, 1.807) is 12.1 Å². The Bertz CT molecular complexity index is 1120. The summed E-state index contributed by atoms with van der Waals surface area (Å²) in [5.74, 6) is 0.244. The number of thiophene rings is 1. The lowest BCUT2D eigenvalue weighted by molar-refractivity contribution is -0.127. The predicted octanol–water partition coefficient (Wildman–Crippen LogP) is 5.33. The summed E-state index contributed by atoms with van der Waals surface area (Å²) in [6.07, 6.45) is 4.47. The number of nitrogens with two attached hydrogens (primary N) is 2. The van der Waals surface area contributed by atoms with E-state index in [2.05, 4.69) is 23.5 Å². The van der Waals surface area contributed by atoms with Crippen molar-refractivity contribution in [2.24, 2.45) is 23.3 Å². The summed E-state index contributed by atoms with van der Waals surface area (Å²) < 4.78 is 0.681. The largest absolute Gasteiger partial charge is 0.366 e. The summed E-state index contributed by atoms with van der Waals surface area (Å²) >= 11 is 8.11. The van der Waals surface area contributed by atoms with Gasteiger partial charge < -0.3 is 16.8 Å². The van der Waals surface area contributed by atoms with Crippen LogP contribution in [-0.2, 0) is 11.2 Å². The first kappa shape index (κ1) is 24.5. The molecule has 0 radical (unpaired) electrons. The first-order valence-corrected chi connectivity index (χ1v) is 12.9. The van der Waals surface area contributed by atoms with Crippen LogP contribution in [0.5, 0.6) is 0 Å². The molecular weight excluding hydrogens is 466 g/mol. The highest BCUT2D eigenvalue weighted by Crippen LogP contribution is 2.38. The molecule has 1 aliphatic carbocycles. The summed E-state index contributed by atoms with van der Waals surface area (Å²) in [4.78, 5) is 25.6. The number of carbonyl (C=O) groups excluding carboxylic acids is 2. The molecule has 0 saturated heterocycles. The van der Waals surface area contributed by atoms with Crippen molar-refractivity contribution in [3.05, 3.63) is 81.0 Å². The zero-order chi connectivity index (χ0) is 24.1. The topological polar surface area (TPSA) is 98.2 Å². The van der Waals surface area contributed by atoms with Crippen molar-refractivity contribution in [1.82, 2.24) is 5.32 Å². The molecule has 7 heteroatoms. The van der Waals surface area contributed by atoms with E-state index >= 15 is 0 Å². The van der Waals surface area contributed by atoms with Crippen LogP contribution in [0.15, 0.2) is 60.7 Å². The van der Waals surface area contributed by atoms with Crippen LogP contribution in [0.1, 0.15) is 52.5 Å². The van der Waals surface area contributed by atoms with Gasteiger partial charge >= 0.3 is 0 Å². The van der Waals surface area contributed by atoms with Crippen molar-refractivity contribution >= 4 is 34.8 Å². The molecule has 178 valence electrons. The zero-order valence-corrected chi connectivity index (χ0v) is 20.6. The number of amides is 2. The van der Waals surface area contributed by atoms with Crippen LogP contribution in [0.4, 0.5) is 0 Å². The molecule has 3 aromatic rings. The Kier molecular flexibility index (Phi) is 8.03. The van der Waals surface area contributed by atoms with Gasteiger partial charge in [-0.05, 0) is 67.5 Å². The van der Waals surface area contributed by atoms with Gasteiger partial charge in [0.25, 0.3) is 0 Å². The zero-order valence-electron chi connectivity index (χ0n) is 19.0. The van der Waals surface area contributed by atoms with Crippen LogP contribution in [-0.4, -0.2) is 18.4 Å². The van der Waals surface area contributed by atoms with Crippen LogP contribution in [0.2, 0.25) is 4.34 Å². The van der Waals surface area contributed by atoms with E-state index < -0.39 is 5.91 Å². The fourth-order valence-corrected chi connectivity index (χ4v) is 6.02. The summed E-state index contributed by atoms with van der Waals surface area (Å²) in [5, 5.41) is 3.31. The van der Waals surface area contributed by atoms with Gasteiger partial charge in [-0.1, -0.05) is 54.1 Å². The third-order valence-electron chi connectivity index (χ3n) is 6.69. The van der Waals surface area contributed by atoms with E-state index in [1.807, 2.05) is 30.3 Å². The Morgan fingerprint density at radius 1 is 1.03 bits per heavy atom. The second-order valence-corrected chi connectivity index (χ2v) is 10.7. The number of benzene rings is 2. The molecular formula is C27H30ClN3O2S. The summed E-state index contributed by atoms with van der Waals surface area (Å²) in [7, 11) is 0. The van der Waals surface area contributed by atoms with Gasteiger partial charge in [0.2, 0.25) is 11.8 Å². The maximum absolute atomic E-state index is 13.1. The smallest absolute Gasteiger partial charge is 0.248 e. The molecule has 1 heterocycles. The van der Waals surface area contributed by atoms with Gasteiger partial charge in [0.1, 0.15) is 4.34 Å². The van der Waals surface area contributed by atoms with Crippen LogP contribution >= 0.6 is 22.9 Å². The molecule has 5 N–H and O–H groups in total. The maximum atomic E-state index is 13.1. The average molecular weight is 496 g/mol. The summed E-state index contributed by atoms with van der Waals surface area (Å²) in [6.45, 7) is 0.702. The molecule has 0 bridgehead atoms. The lowest BCUT2D eigenvalue weighted by atomic mass is 9.81. The summed E-state index contributed by atoms with van der Waals surface area (Å²) in [6, 6.07) is 19.1. The van der Waals surface area contributed by atoms with Gasteiger partial charge in [-0.3, -0.25) is 9.59 Å². The fourth-order valence-electron chi connectivity index (χ4n) is 4.62. The Balaban J connectivity index is 1.51. The molecule has 1 saturated carbocycles. The van der Waals surface area contributed by atoms with Gasteiger partial charge in [-0.25, -0.2) is 0 Å². The molecule has 5 nitrogen and oxygen atoms in total.